The number of rotatable bonds is 4. The molecule has 0 aliphatic heterocycles. The molecule has 0 fully saturated rings. The van der Waals surface area contributed by atoms with Crippen LogP contribution in [0.3, 0.4) is 0 Å². The van der Waals surface area contributed by atoms with Gasteiger partial charge in [-0.1, -0.05) is 34.1 Å². The van der Waals surface area contributed by atoms with E-state index < -0.39 is 0 Å². The zero-order valence-corrected chi connectivity index (χ0v) is 13.6. The summed E-state index contributed by atoms with van der Waals surface area (Å²) in [6.07, 6.45) is 0. The molecule has 0 radical (unpaired) electrons. The number of aliphatic hydroxyl groups is 1. The van der Waals surface area contributed by atoms with Gasteiger partial charge >= 0.3 is 0 Å². The van der Waals surface area contributed by atoms with E-state index in [1.54, 1.807) is 0 Å². The molecule has 2 aromatic rings. The minimum Gasteiger partial charge on any atom is -0.488 e. The molecule has 0 saturated carbocycles. The Labute approximate surface area is 128 Å². The molecule has 2 rings (SSSR count). The first kappa shape index (κ1) is 15.1. The SMILES string of the molecule is Cc1cccc(C)c1COc1c(C)cc(Br)cc1CO. The molecule has 1 N–H and O–H groups in total. The van der Waals surface area contributed by atoms with Crippen LogP contribution in [0.15, 0.2) is 34.8 Å². The van der Waals surface area contributed by atoms with E-state index in [2.05, 4.69) is 48.0 Å². The molecule has 20 heavy (non-hydrogen) atoms. The van der Waals surface area contributed by atoms with Gasteiger partial charge in [0.05, 0.1) is 6.61 Å². The first-order valence-corrected chi connectivity index (χ1v) is 7.40. The summed E-state index contributed by atoms with van der Waals surface area (Å²) in [4.78, 5) is 0. The van der Waals surface area contributed by atoms with Gasteiger partial charge in [0.2, 0.25) is 0 Å². The van der Waals surface area contributed by atoms with Crippen molar-refractivity contribution in [1.29, 1.82) is 0 Å². The predicted molar refractivity (Wildman–Crippen MR) is 85.0 cm³/mol. The summed E-state index contributed by atoms with van der Waals surface area (Å²) in [5.74, 6) is 0.776. The molecule has 0 unspecified atom stereocenters. The highest BCUT2D eigenvalue weighted by Gasteiger charge is 2.10. The fourth-order valence-corrected chi connectivity index (χ4v) is 2.96. The number of halogens is 1. The molecule has 0 bridgehead atoms. The molecule has 3 heteroatoms. The molecule has 0 heterocycles. The van der Waals surface area contributed by atoms with E-state index in [9.17, 15) is 5.11 Å². The predicted octanol–water partition coefficient (Wildman–Crippen LogP) is 4.45. The quantitative estimate of drug-likeness (QED) is 0.895. The maximum Gasteiger partial charge on any atom is 0.128 e. The third kappa shape index (κ3) is 3.22. The van der Waals surface area contributed by atoms with E-state index in [1.807, 2.05) is 19.1 Å². The Morgan fingerprint density at radius 2 is 1.70 bits per heavy atom. The highest BCUT2D eigenvalue weighted by molar-refractivity contribution is 9.10. The molecule has 106 valence electrons. The third-order valence-electron chi connectivity index (χ3n) is 3.49. The van der Waals surface area contributed by atoms with Crippen LogP contribution in [0.5, 0.6) is 5.75 Å². The average Bonchev–Trinajstić information content (AvgIpc) is 2.39. The minimum absolute atomic E-state index is 0.0254. The Hall–Kier alpha value is -1.32. The van der Waals surface area contributed by atoms with E-state index in [1.165, 1.54) is 16.7 Å². The van der Waals surface area contributed by atoms with Crippen molar-refractivity contribution in [3.05, 3.63) is 62.6 Å². The zero-order valence-electron chi connectivity index (χ0n) is 12.0. The Kier molecular flexibility index (Phi) is 4.84. The lowest BCUT2D eigenvalue weighted by Gasteiger charge is -2.16. The topological polar surface area (TPSA) is 29.5 Å². The molecule has 0 spiro atoms. The van der Waals surface area contributed by atoms with Crippen LogP contribution in [-0.4, -0.2) is 5.11 Å². The van der Waals surface area contributed by atoms with Crippen molar-refractivity contribution in [2.75, 3.05) is 0 Å². The summed E-state index contributed by atoms with van der Waals surface area (Å²) in [5, 5.41) is 9.47. The second kappa shape index (κ2) is 6.42. The summed E-state index contributed by atoms with van der Waals surface area (Å²) in [6.45, 7) is 6.67. The number of benzene rings is 2. The summed E-state index contributed by atoms with van der Waals surface area (Å²) < 4.78 is 6.94. The summed E-state index contributed by atoms with van der Waals surface area (Å²) in [7, 11) is 0. The van der Waals surface area contributed by atoms with Crippen LogP contribution in [0, 0.1) is 20.8 Å². The molecule has 2 nitrogen and oxygen atoms in total. The van der Waals surface area contributed by atoms with Crippen LogP contribution in [0.2, 0.25) is 0 Å². The molecule has 0 saturated heterocycles. The van der Waals surface area contributed by atoms with E-state index >= 15 is 0 Å². The van der Waals surface area contributed by atoms with Crippen LogP contribution >= 0.6 is 15.9 Å². The molecular weight excluding hydrogens is 316 g/mol. The second-order valence-electron chi connectivity index (χ2n) is 5.03. The van der Waals surface area contributed by atoms with Crippen LogP contribution in [0.4, 0.5) is 0 Å². The van der Waals surface area contributed by atoms with Crippen molar-refractivity contribution in [2.24, 2.45) is 0 Å². The Morgan fingerprint density at radius 1 is 1.05 bits per heavy atom. The number of hydrogen-bond donors (Lipinski definition) is 1. The first-order chi connectivity index (χ1) is 9.52. The van der Waals surface area contributed by atoms with Crippen molar-refractivity contribution in [3.8, 4) is 5.75 Å². The van der Waals surface area contributed by atoms with E-state index in [0.717, 1.165) is 21.3 Å². The van der Waals surface area contributed by atoms with Crippen molar-refractivity contribution in [2.45, 2.75) is 34.0 Å². The summed E-state index contributed by atoms with van der Waals surface area (Å²) >= 11 is 3.44. The third-order valence-corrected chi connectivity index (χ3v) is 3.95. The largest absolute Gasteiger partial charge is 0.488 e. The average molecular weight is 335 g/mol. The Morgan fingerprint density at radius 3 is 2.30 bits per heavy atom. The molecule has 0 aliphatic rings. The van der Waals surface area contributed by atoms with Crippen LogP contribution in [0.1, 0.15) is 27.8 Å². The van der Waals surface area contributed by atoms with E-state index in [-0.39, 0.29) is 6.61 Å². The molecule has 0 atom stereocenters. The summed E-state index contributed by atoms with van der Waals surface area (Å²) in [5.41, 5.74) is 5.49. The van der Waals surface area contributed by atoms with Crippen LogP contribution in [-0.2, 0) is 13.2 Å². The van der Waals surface area contributed by atoms with Gasteiger partial charge in [0.25, 0.3) is 0 Å². The normalized spacial score (nSPS) is 10.7. The lowest BCUT2D eigenvalue weighted by molar-refractivity contribution is 0.257. The van der Waals surface area contributed by atoms with Gasteiger partial charge in [-0.3, -0.25) is 0 Å². The maximum absolute atomic E-state index is 9.47. The van der Waals surface area contributed by atoms with Crippen molar-refractivity contribution in [3.63, 3.8) is 0 Å². The van der Waals surface area contributed by atoms with Gasteiger partial charge in [-0.25, -0.2) is 0 Å². The lowest BCUT2D eigenvalue weighted by Crippen LogP contribution is -2.04. The van der Waals surface area contributed by atoms with E-state index in [4.69, 9.17) is 4.74 Å². The van der Waals surface area contributed by atoms with Gasteiger partial charge in [0.1, 0.15) is 12.4 Å². The second-order valence-corrected chi connectivity index (χ2v) is 5.94. The van der Waals surface area contributed by atoms with Crippen molar-refractivity contribution in [1.82, 2.24) is 0 Å². The maximum atomic E-state index is 9.47. The monoisotopic (exact) mass is 334 g/mol. The number of aliphatic hydroxyl groups excluding tert-OH is 1. The lowest BCUT2D eigenvalue weighted by atomic mass is 10.0. The number of ether oxygens (including phenoxy) is 1. The van der Waals surface area contributed by atoms with E-state index in [0.29, 0.717) is 6.61 Å². The number of hydrogen-bond acceptors (Lipinski definition) is 2. The fourth-order valence-electron chi connectivity index (χ4n) is 2.34. The minimum atomic E-state index is -0.0254. The van der Waals surface area contributed by atoms with Crippen LogP contribution < -0.4 is 4.74 Å². The molecular formula is C17H19BrO2. The van der Waals surface area contributed by atoms with Crippen LogP contribution in [0.25, 0.3) is 0 Å². The standard InChI is InChI=1S/C17H19BrO2/c1-11-5-4-6-12(2)16(11)10-20-17-13(3)7-15(18)8-14(17)9-19/h4-8,19H,9-10H2,1-3H3. The van der Waals surface area contributed by atoms with Gasteiger partial charge in [-0.15, -0.1) is 0 Å². The highest BCUT2D eigenvalue weighted by Crippen LogP contribution is 2.29. The Balaban J connectivity index is 2.27. The van der Waals surface area contributed by atoms with Gasteiger partial charge < -0.3 is 9.84 Å². The molecule has 0 amide bonds. The Bertz CT molecular complexity index is 600. The van der Waals surface area contributed by atoms with Gasteiger partial charge in [-0.05, 0) is 55.2 Å². The molecule has 0 aliphatic carbocycles. The van der Waals surface area contributed by atoms with Gasteiger partial charge in [0.15, 0.2) is 0 Å². The number of aryl methyl sites for hydroxylation is 3. The fraction of sp³-hybridized carbons (Fsp3) is 0.294. The van der Waals surface area contributed by atoms with Gasteiger partial charge in [-0.2, -0.15) is 0 Å². The summed E-state index contributed by atoms with van der Waals surface area (Å²) in [6, 6.07) is 10.1. The van der Waals surface area contributed by atoms with Gasteiger partial charge in [0, 0.05) is 10.0 Å². The molecule has 0 aromatic heterocycles. The zero-order chi connectivity index (χ0) is 14.7. The van der Waals surface area contributed by atoms with Crippen molar-refractivity contribution < 1.29 is 9.84 Å². The molecule has 2 aromatic carbocycles. The highest BCUT2D eigenvalue weighted by atomic mass is 79.9. The first-order valence-electron chi connectivity index (χ1n) is 6.60. The smallest absolute Gasteiger partial charge is 0.128 e. The van der Waals surface area contributed by atoms with Crippen molar-refractivity contribution >= 4 is 15.9 Å².